The Morgan fingerprint density at radius 1 is 1.26 bits per heavy atom. The minimum Gasteiger partial charge on any atom is -0.348 e. The molecule has 0 fully saturated rings. The summed E-state index contributed by atoms with van der Waals surface area (Å²) in [5, 5.41) is 16.0. The molecule has 1 amide bonds. The number of fused-ring (bicyclic) bond motifs is 1. The summed E-state index contributed by atoms with van der Waals surface area (Å²) in [6, 6.07) is 13.3. The topological polar surface area (TPSA) is 85.1 Å². The number of non-ortho nitro benzene ring substituents is 1. The molecule has 27 heavy (non-hydrogen) atoms. The number of rotatable bonds is 5. The molecule has 0 aliphatic heterocycles. The van der Waals surface area contributed by atoms with Crippen LogP contribution in [-0.2, 0) is 0 Å². The highest BCUT2D eigenvalue weighted by Crippen LogP contribution is 2.35. The molecule has 1 heterocycles. The summed E-state index contributed by atoms with van der Waals surface area (Å²) in [5.74, 6) is -0.294. The Hall–Kier alpha value is -2.99. The lowest BCUT2D eigenvalue weighted by Crippen LogP contribution is -2.32. The SMILES string of the molecule is CCC(C)NC(=O)c1cc2ccccc2c(-c2cc([N+](=O)[O-])ccc2Cl)n1. The second kappa shape index (κ2) is 7.72. The Balaban J connectivity index is 2.22. The number of pyridine rings is 1. The zero-order valence-corrected chi connectivity index (χ0v) is 15.7. The summed E-state index contributed by atoms with van der Waals surface area (Å²) < 4.78 is 0. The zero-order valence-electron chi connectivity index (χ0n) is 14.9. The molecule has 138 valence electrons. The van der Waals surface area contributed by atoms with E-state index < -0.39 is 4.92 Å². The maximum Gasteiger partial charge on any atom is 0.270 e. The minimum atomic E-state index is -0.485. The second-order valence-corrected chi connectivity index (χ2v) is 6.69. The van der Waals surface area contributed by atoms with Crippen LogP contribution >= 0.6 is 11.6 Å². The van der Waals surface area contributed by atoms with E-state index >= 15 is 0 Å². The number of nitrogens with one attached hydrogen (secondary N) is 1. The number of benzene rings is 2. The monoisotopic (exact) mass is 383 g/mol. The summed E-state index contributed by atoms with van der Waals surface area (Å²) in [5.41, 5.74) is 1.01. The Labute approximate surface area is 161 Å². The Morgan fingerprint density at radius 3 is 2.70 bits per heavy atom. The van der Waals surface area contributed by atoms with Gasteiger partial charge in [0.05, 0.1) is 15.6 Å². The smallest absolute Gasteiger partial charge is 0.270 e. The summed E-state index contributed by atoms with van der Waals surface area (Å²) in [7, 11) is 0. The molecule has 0 aliphatic carbocycles. The lowest BCUT2D eigenvalue weighted by Gasteiger charge is -2.14. The van der Waals surface area contributed by atoms with Crippen LogP contribution in [0, 0.1) is 10.1 Å². The van der Waals surface area contributed by atoms with E-state index in [4.69, 9.17) is 11.6 Å². The van der Waals surface area contributed by atoms with Crippen LogP contribution in [0.25, 0.3) is 22.0 Å². The molecular formula is C20H18ClN3O3. The largest absolute Gasteiger partial charge is 0.348 e. The van der Waals surface area contributed by atoms with Gasteiger partial charge in [0, 0.05) is 29.1 Å². The van der Waals surface area contributed by atoms with E-state index in [1.54, 1.807) is 6.07 Å². The molecule has 1 aromatic heterocycles. The number of hydrogen-bond donors (Lipinski definition) is 1. The standard InChI is InChI=1S/C20H18ClN3O3/c1-3-12(2)22-20(25)18-10-13-6-4-5-7-15(13)19(23-18)16-11-14(24(26)27)8-9-17(16)21/h4-12H,3H2,1-2H3,(H,22,25). The van der Waals surface area contributed by atoms with Gasteiger partial charge in [-0.2, -0.15) is 0 Å². The van der Waals surface area contributed by atoms with Crippen molar-refractivity contribution >= 4 is 34.0 Å². The fraction of sp³-hybridized carbons (Fsp3) is 0.200. The van der Waals surface area contributed by atoms with Gasteiger partial charge in [-0.3, -0.25) is 14.9 Å². The Morgan fingerprint density at radius 2 is 2.00 bits per heavy atom. The summed E-state index contributed by atoms with van der Waals surface area (Å²) >= 11 is 6.31. The third-order valence-corrected chi connectivity index (χ3v) is 4.71. The van der Waals surface area contributed by atoms with Crippen LogP contribution in [0.15, 0.2) is 48.5 Å². The first-order valence-corrected chi connectivity index (χ1v) is 8.93. The van der Waals surface area contributed by atoms with E-state index in [2.05, 4.69) is 10.3 Å². The average Bonchev–Trinajstić information content (AvgIpc) is 2.67. The number of halogens is 1. The van der Waals surface area contributed by atoms with Crippen molar-refractivity contribution in [2.24, 2.45) is 0 Å². The van der Waals surface area contributed by atoms with Crippen LogP contribution in [-0.4, -0.2) is 21.9 Å². The lowest BCUT2D eigenvalue weighted by atomic mass is 10.0. The number of nitro groups is 1. The Kier molecular flexibility index (Phi) is 5.37. The first-order chi connectivity index (χ1) is 12.9. The van der Waals surface area contributed by atoms with E-state index in [0.29, 0.717) is 16.3 Å². The van der Waals surface area contributed by atoms with Gasteiger partial charge in [0.2, 0.25) is 0 Å². The van der Waals surface area contributed by atoms with Crippen LogP contribution in [0.5, 0.6) is 0 Å². The van der Waals surface area contributed by atoms with Gasteiger partial charge in [0.1, 0.15) is 5.69 Å². The number of hydrogen-bond acceptors (Lipinski definition) is 4. The third kappa shape index (κ3) is 3.90. The predicted molar refractivity (Wildman–Crippen MR) is 106 cm³/mol. The van der Waals surface area contributed by atoms with Crippen molar-refractivity contribution in [3.8, 4) is 11.3 Å². The fourth-order valence-electron chi connectivity index (χ4n) is 2.73. The number of carbonyl (C=O) groups excluding carboxylic acids is 1. The van der Waals surface area contributed by atoms with Gasteiger partial charge in [-0.05, 0) is 30.9 Å². The van der Waals surface area contributed by atoms with E-state index in [-0.39, 0.29) is 23.3 Å². The van der Waals surface area contributed by atoms with E-state index in [1.165, 1.54) is 18.2 Å². The average molecular weight is 384 g/mol. The van der Waals surface area contributed by atoms with Crippen molar-refractivity contribution in [3.63, 3.8) is 0 Å². The number of amides is 1. The molecule has 1 unspecified atom stereocenters. The summed E-state index contributed by atoms with van der Waals surface area (Å²) in [6.45, 7) is 3.89. The maximum atomic E-state index is 12.6. The molecule has 7 heteroatoms. The zero-order chi connectivity index (χ0) is 19.6. The molecular weight excluding hydrogens is 366 g/mol. The van der Waals surface area contributed by atoms with Crippen molar-refractivity contribution in [3.05, 3.63) is 69.4 Å². The van der Waals surface area contributed by atoms with Gasteiger partial charge in [0.25, 0.3) is 11.6 Å². The fourth-order valence-corrected chi connectivity index (χ4v) is 2.94. The molecule has 0 spiro atoms. The Bertz CT molecular complexity index is 1040. The molecule has 3 rings (SSSR count). The highest BCUT2D eigenvalue weighted by molar-refractivity contribution is 6.33. The molecule has 0 saturated heterocycles. The molecule has 1 atom stereocenters. The molecule has 0 bridgehead atoms. The van der Waals surface area contributed by atoms with Crippen molar-refractivity contribution < 1.29 is 9.72 Å². The number of aromatic nitrogens is 1. The lowest BCUT2D eigenvalue weighted by molar-refractivity contribution is -0.384. The number of carbonyl (C=O) groups is 1. The van der Waals surface area contributed by atoms with Crippen LogP contribution in [0.2, 0.25) is 5.02 Å². The van der Waals surface area contributed by atoms with E-state index in [0.717, 1.165) is 17.2 Å². The van der Waals surface area contributed by atoms with E-state index in [9.17, 15) is 14.9 Å². The highest BCUT2D eigenvalue weighted by Gasteiger charge is 2.18. The first kappa shape index (κ1) is 18.8. The third-order valence-electron chi connectivity index (χ3n) is 4.38. The van der Waals surface area contributed by atoms with Gasteiger partial charge >= 0.3 is 0 Å². The van der Waals surface area contributed by atoms with Crippen LogP contribution in [0.3, 0.4) is 0 Å². The van der Waals surface area contributed by atoms with Gasteiger partial charge in [-0.25, -0.2) is 4.98 Å². The molecule has 0 radical (unpaired) electrons. The van der Waals surface area contributed by atoms with Crippen molar-refractivity contribution in [1.82, 2.24) is 10.3 Å². The van der Waals surface area contributed by atoms with Crippen LogP contribution < -0.4 is 5.32 Å². The highest BCUT2D eigenvalue weighted by atomic mass is 35.5. The minimum absolute atomic E-state index is 0.00983. The summed E-state index contributed by atoms with van der Waals surface area (Å²) in [4.78, 5) is 27.8. The van der Waals surface area contributed by atoms with Crippen molar-refractivity contribution in [2.75, 3.05) is 0 Å². The normalized spacial score (nSPS) is 12.0. The van der Waals surface area contributed by atoms with Crippen LogP contribution in [0.4, 0.5) is 5.69 Å². The predicted octanol–water partition coefficient (Wildman–Crippen LogP) is 4.99. The molecule has 1 N–H and O–H groups in total. The molecule has 0 aliphatic rings. The van der Waals surface area contributed by atoms with Gasteiger partial charge in [0.15, 0.2) is 0 Å². The summed E-state index contributed by atoms with van der Waals surface area (Å²) in [6.07, 6.45) is 0.795. The van der Waals surface area contributed by atoms with E-state index in [1.807, 2.05) is 38.1 Å². The first-order valence-electron chi connectivity index (χ1n) is 8.55. The molecule has 0 saturated carbocycles. The van der Waals surface area contributed by atoms with Crippen molar-refractivity contribution in [1.29, 1.82) is 0 Å². The maximum absolute atomic E-state index is 12.6. The number of nitrogens with zero attached hydrogens (tertiary/aromatic N) is 2. The molecule has 2 aromatic carbocycles. The van der Waals surface area contributed by atoms with Gasteiger partial charge in [-0.1, -0.05) is 42.8 Å². The molecule has 6 nitrogen and oxygen atoms in total. The molecule has 3 aromatic rings. The van der Waals surface area contributed by atoms with Crippen molar-refractivity contribution in [2.45, 2.75) is 26.3 Å². The quantitative estimate of drug-likeness (QED) is 0.496. The van der Waals surface area contributed by atoms with Crippen LogP contribution in [0.1, 0.15) is 30.8 Å². The van der Waals surface area contributed by atoms with Gasteiger partial charge in [-0.15, -0.1) is 0 Å². The number of nitro benzene ring substituents is 1. The second-order valence-electron chi connectivity index (χ2n) is 6.28. The van der Waals surface area contributed by atoms with Gasteiger partial charge < -0.3 is 5.32 Å².